The van der Waals surface area contributed by atoms with Gasteiger partial charge < -0.3 is 8.83 Å². The zero-order valence-electron chi connectivity index (χ0n) is 26.8. The lowest BCUT2D eigenvalue weighted by molar-refractivity contribution is 0.584. The van der Waals surface area contributed by atoms with Crippen molar-refractivity contribution in [1.82, 2.24) is 20.4 Å². The monoisotopic (exact) mass is 644 g/mol. The van der Waals surface area contributed by atoms with Crippen LogP contribution in [-0.4, -0.2) is 20.4 Å². The van der Waals surface area contributed by atoms with Gasteiger partial charge in [0.1, 0.15) is 0 Å². The van der Waals surface area contributed by atoms with Crippen molar-refractivity contribution in [2.24, 2.45) is 0 Å². The van der Waals surface area contributed by atoms with E-state index < -0.39 is 0 Å². The first-order valence-corrected chi connectivity index (χ1v) is 16.4. The minimum atomic E-state index is 0.460. The third-order valence-corrected chi connectivity index (χ3v) is 8.86. The van der Waals surface area contributed by atoms with Crippen LogP contribution in [0.5, 0.6) is 0 Å². The highest BCUT2D eigenvalue weighted by Crippen LogP contribution is 2.42. The Morgan fingerprint density at radius 2 is 0.660 bits per heavy atom. The van der Waals surface area contributed by atoms with Crippen LogP contribution in [0, 0.1) is 0 Å². The van der Waals surface area contributed by atoms with Crippen molar-refractivity contribution in [3.8, 4) is 79.2 Å². The van der Waals surface area contributed by atoms with Crippen LogP contribution in [-0.2, 0) is 0 Å². The van der Waals surface area contributed by atoms with Gasteiger partial charge in [-0.25, -0.2) is 0 Å². The number of benzene rings is 7. The molecule has 0 atom stereocenters. The molecule has 9 aromatic rings. The highest BCUT2D eigenvalue weighted by atomic mass is 16.4. The fraction of sp³-hybridized carbons (Fsp3) is 0. The molecule has 0 aliphatic rings. The summed E-state index contributed by atoms with van der Waals surface area (Å²) in [5.41, 5.74) is 9.80. The average Bonchev–Trinajstić information content (AvgIpc) is 3.90. The second-order valence-corrected chi connectivity index (χ2v) is 12.0. The number of hydrogen-bond donors (Lipinski definition) is 0. The van der Waals surface area contributed by atoms with Gasteiger partial charge in [-0.15, -0.1) is 20.4 Å². The van der Waals surface area contributed by atoms with Crippen LogP contribution >= 0.6 is 0 Å². The summed E-state index contributed by atoms with van der Waals surface area (Å²) in [4.78, 5) is 0. The zero-order valence-corrected chi connectivity index (χ0v) is 26.8. The van der Waals surface area contributed by atoms with Crippen LogP contribution in [0.3, 0.4) is 0 Å². The van der Waals surface area contributed by atoms with Gasteiger partial charge in [0.25, 0.3) is 0 Å². The van der Waals surface area contributed by atoms with Crippen molar-refractivity contribution < 1.29 is 8.83 Å². The lowest BCUT2D eigenvalue weighted by atomic mass is 9.87. The Morgan fingerprint density at radius 1 is 0.260 bits per heavy atom. The third kappa shape index (κ3) is 5.55. The van der Waals surface area contributed by atoms with Gasteiger partial charge in [0, 0.05) is 22.3 Å². The Bertz CT molecular complexity index is 2590. The van der Waals surface area contributed by atoms with Crippen molar-refractivity contribution in [3.05, 3.63) is 170 Å². The molecule has 9 rings (SSSR count). The van der Waals surface area contributed by atoms with E-state index in [-0.39, 0.29) is 0 Å². The van der Waals surface area contributed by atoms with Gasteiger partial charge >= 0.3 is 0 Å². The molecule has 7 aromatic carbocycles. The largest absolute Gasteiger partial charge is 0.416 e. The van der Waals surface area contributed by atoms with E-state index in [1.807, 2.05) is 72.8 Å². The van der Waals surface area contributed by atoms with E-state index in [1.165, 1.54) is 5.39 Å². The Morgan fingerprint density at radius 3 is 1.18 bits per heavy atom. The first kappa shape index (κ1) is 29.2. The lowest BCUT2D eigenvalue weighted by Gasteiger charge is -2.17. The van der Waals surface area contributed by atoms with Crippen LogP contribution in [0.4, 0.5) is 0 Å². The van der Waals surface area contributed by atoms with Gasteiger partial charge in [-0.3, -0.25) is 0 Å². The van der Waals surface area contributed by atoms with E-state index in [1.54, 1.807) is 0 Å². The Hall–Kier alpha value is -6.92. The van der Waals surface area contributed by atoms with Crippen LogP contribution in [0.15, 0.2) is 179 Å². The number of aromatic nitrogens is 4. The molecule has 236 valence electrons. The van der Waals surface area contributed by atoms with E-state index in [2.05, 4.69) is 117 Å². The molecule has 0 spiro atoms. The standard InChI is InChI=1S/C44H28N4O2/c1-4-13-30(14-5-1)39-27-35(43-47-45-41(49-43)31-15-6-2-7-16-31)22-24-37(39)38-25-23-36(44-48-46-42(50-44)32-17-8-3-9-18-32)28-40(38)34-21-20-29-12-10-11-19-33(29)26-34/h1-28H. The number of hydrogen-bond acceptors (Lipinski definition) is 6. The predicted octanol–water partition coefficient (Wildman–Crippen LogP) is 11.3. The summed E-state index contributed by atoms with van der Waals surface area (Å²) in [5, 5.41) is 19.9. The van der Waals surface area contributed by atoms with E-state index in [4.69, 9.17) is 8.83 Å². The highest BCUT2D eigenvalue weighted by Gasteiger charge is 2.19. The number of fused-ring (bicyclic) bond motifs is 1. The van der Waals surface area contributed by atoms with E-state index in [0.717, 1.165) is 61.0 Å². The highest BCUT2D eigenvalue weighted by molar-refractivity contribution is 5.96. The first-order valence-electron chi connectivity index (χ1n) is 16.4. The Labute approximate surface area is 288 Å². The molecule has 2 aromatic heterocycles. The van der Waals surface area contributed by atoms with E-state index in [9.17, 15) is 0 Å². The number of nitrogens with zero attached hydrogens (tertiary/aromatic N) is 4. The van der Waals surface area contributed by atoms with Gasteiger partial charge in [-0.05, 0) is 98.8 Å². The van der Waals surface area contributed by atoms with Crippen molar-refractivity contribution in [1.29, 1.82) is 0 Å². The van der Waals surface area contributed by atoms with Crippen LogP contribution in [0.2, 0.25) is 0 Å². The lowest BCUT2D eigenvalue weighted by Crippen LogP contribution is -1.92. The molecular weight excluding hydrogens is 617 g/mol. The van der Waals surface area contributed by atoms with E-state index in [0.29, 0.717) is 23.6 Å². The molecule has 0 aliphatic carbocycles. The normalized spacial score (nSPS) is 11.2. The minimum absolute atomic E-state index is 0.460. The molecule has 0 bridgehead atoms. The second kappa shape index (κ2) is 12.6. The fourth-order valence-electron chi connectivity index (χ4n) is 6.35. The molecular formula is C44H28N4O2. The fourth-order valence-corrected chi connectivity index (χ4v) is 6.35. The van der Waals surface area contributed by atoms with Crippen molar-refractivity contribution in [2.75, 3.05) is 0 Å². The quantitative estimate of drug-likeness (QED) is 0.172. The molecule has 0 radical (unpaired) electrons. The molecule has 0 unspecified atom stereocenters. The topological polar surface area (TPSA) is 77.8 Å². The smallest absolute Gasteiger partial charge is 0.248 e. The van der Waals surface area contributed by atoms with Crippen LogP contribution in [0.1, 0.15) is 0 Å². The zero-order chi connectivity index (χ0) is 33.3. The van der Waals surface area contributed by atoms with E-state index >= 15 is 0 Å². The summed E-state index contributed by atoms with van der Waals surface area (Å²) in [7, 11) is 0. The third-order valence-electron chi connectivity index (χ3n) is 8.86. The first-order chi connectivity index (χ1) is 24.8. The predicted molar refractivity (Wildman–Crippen MR) is 198 cm³/mol. The molecule has 0 fully saturated rings. The maximum Gasteiger partial charge on any atom is 0.248 e. The summed E-state index contributed by atoms with van der Waals surface area (Å²) >= 11 is 0. The average molecular weight is 645 g/mol. The van der Waals surface area contributed by atoms with Gasteiger partial charge in [0.05, 0.1) is 0 Å². The minimum Gasteiger partial charge on any atom is -0.416 e. The summed E-state index contributed by atoms with van der Waals surface area (Å²) in [6, 6.07) is 57.7. The van der Waals surface area contributed by atoms with Gasteiger partial charge in [-0.1, -0.05) is 115 Å². The molecule has 0 saturated heterocycles. The van der Waals surface area contributed by atoms with Crippen molar-refractivity contribution >= 4 is 10.8 Å². The Balaban J connectivity index is 1.21. The van der Waals surface area contributed by atoms with Crippen molar-refractivity contribution in [3.63, 3.8) is 0 Å². The molecule has 0 saturated carbocycles. The molecule has 50 heavy (non-hydrogen) atoms. The maximum absolute atomic E-state index is 6.21. The van der Waals surface area contributed by atoms with Gasteiger partial charge in [0.2, 0.25) is 23.6 Å². The summed E-state index contributed by atoms with van der Waals surface area (Å²) in [6.45, 7) is 0. The molecule has 0 aliphatic heterocycles. The van der Waals surface area contributed by atoms with Crippen LogP contribution in [0.25, 0.3) is 90.0 Å². The Kier molecular flexibility index (Phi) is 7.37. The van der Waals surface area contributed by atoms with Crippen LogP contribution < -0.4 is 0 Å². The SMILES string of the molecule is c1ccc(-c2nnc(-c3ccc(-c4ccc(-c5nnc(-c6ccccc6)o5)cc4-c4ccc5ccccc5c4)c(-c4ccccc4)c3)o2)cc1. The molecule has 6 nitrogen and oxygen atoms in total. The molecule has 2 heterocycles. The molecule has 6 heteroatoms. The summed E-state index contributed by atoms with van der Waals surface area (Å²) in [6.07, 6.45) is 0. The summed E-state index contributed by atoms with van der Waals surface area (Å²) in [5.74, 6) is 1.89. The van der Waals surface area contributed by atoms with Crippen molar-refractivity contribution in [2.45, 2.75) is 0 Å². The van der Waals surface area contributed by atoms with Gasteiger partial charge in [0.15, 0.2) is 0 Å². The number of rotatable bonds is 7. The summed E-state index contributed by atoms with van der Waals surface area (Å²) < 4.78 is 12.4. The maximum atomic E-state index is 6.21. The molecule has 0 N–H and O–H groups in total. The molecule has 0 amide bonds. The van der Waals surface area contributed by atoms with Gasteiger partial charge in [-0.2, -0.15) is 0 Å². The second-order valence-electron chi connectivity index (χ2n) is 12.0.